The van der Waals surface area contributed by atoms with Crippen LogP contribution in [0.25, 0.3) is 10.2 Å². The molecule has 0 aliphatic rings. The minimum absolute atomic E-state index is 0.0432. The highest BCUT2D eigenvalue weighted by Gasteiger charge is 2.25. The number of carbonyl (C=O) groups is 2. The lowest BCUT2D eigenvalue weighted by atomic mass is 10.0. The molecular formula is C47H82BrN3O2S2. The molecule has 316 valence electrons. The Morgan fingerprint density at radius 1 is 0.582 bits per heavy atom. The van der Waals surface area contributed by atoms with Crippen LogP contribution in [0.2, 0.25) is 0 Å². The summed E-state index contributed by atoms with van der Waals surface area (Å²) < 4.78 is 2.91. The molecule has 55 heavy (non-hydrogen) atoms. The molecule has 1 unspecified atom stereocenters. The zero-order chi connectivity index (χ0) is 39.4. The molecule has 0 bridgehead atoms. The number of carbonyl (C=O) groups excluding carboxylic acids is 2. The molecule has 2 aromatic rings. The maximum Gasteiger partial charge on any atom is 0.234 e. The first kappa shape index (κ1) is 50.0. The number of hydrogen-bond donors (Lipinski definition) is 2. The van der Waals surface area contributed by atoms with Gasteiger partial charge in [0.25, 0.3) is 0 Å². The second kappa shape index (κ2) is 36.0. The van der Waals surface area contributed by atoms with Crippen LogP contribution in [0.5, 0.6) is 0 Å². The number of amides is 2. The number of fused-ring (bicyclic) bond motifs is 1. The summed E-state index contributed by atoms with van der Waals surface area (Å²) in [6, 6.07) is 6.00. The molecule has 1 aromatic carbocycles. The minimum atomic E-state index is -0.494. The molecule has 0 saturated heterocycles. The highest BCUT2D eigenvalue weighted by atomic mass is 79.9. The molecule has 1 heterocycles. The third-order valence-electron chi connectivity index (χ3n) is 10.9. The van der Waals surface area contributed by atoms with E-state index in [1.165, 1.54) is 192 Å². The SMILES string of the molecule is CCCCCCCCCCCCCCCCCCNC(=O)CC(Sc1nc2cccc(Br)c2s1)C(=O)NCCCCCCCCCCCCCCCCCC. The summed E-state index contributed by atoms with van der Waals surface area (Å²) in [6.45, 7) is 5.92. The second-order valence-electron chi connectivity index (χ2n) is 16.1. The molecule has 0 aliphatic heterocycles. The number of nitrogens with zero attached hydrogens (tertiary/aromatic N) is 1. The summed E-state index contributed by atoms with van der Waals surface area (Å²) in [5.74, 6) is -0.0971. The van der Waals surface area contributed by atoms with Crippen LogP contribution in [0, 0.1) is 0 Å². The molecule has 0 spiro atoms. The zero-order valence-corrected chi connectivity index (χ0v) is 38.7. The van der Waals surface area contributed by atoms with E-state index in [4.69, 9.17) is 4.98 Å². The highest BCUT2D eigenvalue weighted by Crippen LogP contribution is 2.36. The number of aromatic nitrogens is 1. The lowest BCUT2D eigenvalue weighted by molar-refractivity contribution is -0.125. The molecule has 2 amide bonds. The van der Waals surface area contributed by atoms with Crippen LogP contribution in [-0.2, 0) is 9.59 Å². The normalized spacial score (nSPS) is 12.1. The molecule has 2 N–H and O–H groups in total. The van der Waals surface area contributed by atoms with Gasteiger partial charge < -0.3 is 10.6 Å². The van der Waals surface area contributed by atoms with Crippen molar-refractivity contribution in [3.8, 4) is 0 Å². The lowest BCUT2D eigenvalue weighted by Gasteiger charge is -2.15. The second-order valence-corrected chi connectivity index (χ2v) is 19.4. The Morgan fingerprint density at radius 3 is 1.36 bits per heavy atom. The summed E-state index contributed by atoms with van der Waals surface area (Å²) >= 11 is 6.64. The predicted octanol–water partition coefficient (Wildman–Crippen LogP) is 15.7. The molecule has 0 aliphatic carbocycles. The number of nitrogens with one attached hydrogen (secondary N) is 2. The minimum Gasteiger partial charge on any atom is -0.356 e. The maximum absolute atomic E-state index is 13.4. The van der Waals surface area contributed by atoms with E-state index in [0.29, 0.717) is 13.1 Å². The summed E-state index contributed by atoms with van der Waals surface area (Å²) in [7, 11) is 0. The average Bonchev–Trinajstić information content (AvgIpc) is 3.61. The highest BCUT2D eigenvalue weighted by molar-refractivity contribution is 9.10. The van der Waals surface area contributed by atoms with Crippen molar-refractivity contribution >= 4 is 61.1 Å². The van der Waals surface area contributed by atoms with E-state index >= 15 is 0 Å². The Bertz CT molecular complexity index is 1210. The van der Waals surface area contributed by atoms with Gasteiger partial charge in [0.2, 0.25) is 11.8 Å². The van der Waals surface area contributed by atoms with Crippen molar-refractivity contribution in [2.24, 2.45) is 0 Å². The molecule has 1 atom stereocenters. The van der Waals surface area contributed by atoms with Crippen molar-refractivity contribution < 1.29 is 9.59 Å². The first-order chi connectivity index (χ1) is 27.0. The van der Waals surface area contributed by atoms with Crippen molar-refractivity contribution in [2.45, 2.75) is 235 Å². The third kappa shape index (κ3) is 27.2. The number of rotatable bonds is 39. The van der Waals surface area contributed by atoms with E-state index in [2.05, 4.69) is 40.4 Å². The predicted molar refractivity (Wildman–Crippen MR) is 247 cm³/mol. The van der Waals surface area contributed by atoms with Crippen molar-refractivity contribution in [3.05, 3.63) is 22.7 Å². The van der Waals surface area contributed by atoms with E-state index < -0.39 is 5.25 Å². The third-order valence-corrected chi connectivity index (χ3v) is 14.3. The van der Waals surface area contributed by atoms with E-state index in [0.717, 1.165) is 44.7 Å². The Morgan fingerprint density at radius 2 is 0.964 bits per heavy atom. The van der Waals surface area contributed by atoms with E-state index in [-0.39, 0.29) is 18.2 Å². The Labute approximate surface area is 355 Å². The molecule has 5 nitrogen and oxygen atoms in total. The Hall–Kier alpha value is -1.12. The van der Waals surface area contributed by atoms with Gasteiger partial charge in [-0.1, -0.05) is 224 Å². The van der Waals surface area contributed by atoms with E-state index in [1.807, 2.05) is 18.2 Å². The molecule has 0 radical (unpaired) electrons. The van der Waals surface area contributed by atoms with Gasteiger partial charge in [-0.3, -0.25) is 9.59 Å². The monoisotopic (exact) mass is 864 g/mol. The van der Waals surface area contributed by atoms with Crippen molar-refractivity contribution in [1.82, 2.24) is 15.6 Å². The molecule has 1 aromatic heterocycles. The van der Waals surface area contributed by atoms with E-state index in [9.17, 15) is 9.59 Å². The number of thioether (sulfide) groups is 1. The number of thiazole rings is 1. The molecule has 8 heteroatoms. The van der Waals surface area contributed by atoms with Gasteiger partial charge in [0, 0.05) is 24.0 Å². The number of hydrogen-bond acceptors (Lipinski definition) is 5. The van der Waals surface area contributed by atoms with Crippen LogP contribution in [0.15, 0.2) is 27.0 Å². The molecule has 0 fully saturated rings. The number of benzene rings is 1. The summed E-state index contributed by atoms with van der Waals surface area (Å²) in [6.07, 6.45) is 43.0. The van der Waals surface area contributed by atoms with Gasteiger partial charge in [0.15, 0.2) is 4.34 Å². The summed E-state index contributed by atoms with van der Waals surface area (Å²) in [5, 5.41) is 5.77. The summed E-state index contributed by atoms with van der Waals surface area (Å²) in [4.78, 5) is 31.2. The van der Waals surface area contributed by atoms with Gasteiger partial charge in [-0.05, 0) is 40.9 Å². The number of unbranched alkanes of at least 4 members (excludes halogenated alkanes) is 30. The van der Waals surface area contributed by atoms with Crippen LogP contribution in [0.4, 0.5) is 0 Å². The quantitative estimate of drug-likeness (QED) is 0.0519. The maximum atomic E-state index is 13.4. The lowest BCUT2D eigenvalue weighted by Crippen LogP contribution is -2.37. The fraction of sp³-hybridized carbons (Fsp3) is 0.809. The first-order valence-corrected chi connectivity index (χ1v) is 25.8. The van der Waals surface area contributed by atoms with Gasteiger partial charge in [-0.25, -0.2) is 4.98 Å². The van der Waals surface area contributed by atoms with Crippen LogP contribution >= 0.6 is 39.0 Å². The van der Waals surface area contributed by atoms with Crippen LogP contribution in [0.1, 0.15) is 226 Å². The molecule has 2 rings (SSSR count). The first-order valence-electron chi connectivity index (χ1n) is 23.3. The number of halogens is 1. The standard InChI is InChI=1S/C47H82BrN3O2S2/c1-3-5-7-9-11-13-15-17-19-21-23-25-27-29-31-33-38-49-44(52)40-43(54-47-51-42-37-35-36-41(48)45(42)55-47)46(53)50-39-34-32-30-28-26-24-22-20-18-16-14-12-10-8-6-4-2/h35-37,43H,3-34,38-40H2,1-2H3,(H,49,52)(H,50,53). The Kier molecular flexibility index (Phi) is 32.7. The largest absolute Gasteiger partial charge is 0.356 e. The van der Waals surface area contributed by atoms with Gasteiger partial charge in [-0.15, -0.1) is 11.3 Å². The van der Waals surface area contributed by atoms with Gasteiger partial charge in [-0.2, -0.15) is 0 Å². The van der Waals surface area contributed by atoms with Gasteiger partial charge in [0.05, 0.1) is 15.5 Å². The van der Waals surface area contributed by atoms with E-state index in [1.54, 1.807) is 11.3 Å². The van der Waals surface area contributed by atoms with Gasteiger partial charge in [0.1, 0.15) is 0 Å². The van der Waals surface area contributed by atoms with Crippen molar-refractivity contribution in [3.63, 3.8) is 0 Å². The fourth-order valence-electron chi connectivity index (χ4n) is 7.39. The Balaban J connectivity index is 1.57. The molecular weight excluding hydrogens is 783 g/mol. The fourth-order valence-corrected chi connectivity index (χ4v) is 10.3. The van der Waals surface area contributed by atoms with Crippen molar-refractivity contribution in [2.75, 3.05) is 13.1 Å². The average molecular weight is 865 g/mol. The zero-order valence-electron chi connectivity index (χ0n) is 35.5. The van der Waals surface area contributed by atoms with Crippen LogP contribution < -0.4 is 10.6 Å². The smallest absolute Gasteiger partial charge is 0.234 e. The van der Waals surface area contributed by atoms with Crippen molar-refractivity contribution in [1.29, 1.82) is 0 Å². The topological polar surface area (TPSA) is 71.1 Å². The van der Waals surface area contributed by atoms with Gasteiger partial charge >= 0.3 is 0 Å². The van der Waals surface area contributed by atoms with Crippen LogP contribution in [0.3, 0.4) is 0 Å². The molecule has 0 saturated carbocycles. The van der Waals surface area contributed by atoms with Crippen LogP contribution in [-0.4, -0.2) is 35.1 Å². The summed E-state index contributed by atoms with van der Waals surface area (Å²) in [5.41, 5.74) is 0.919.